The Kier molecular flexibility index (Phi) is 5.07. The smallest absolute Gasteiger partial charge is 0.311 e. The second-order valence-electron chi connectivity index (χ2n) is 3.50. The minimum absolute atomic E-state index is 0.581. The molecule has 1 aromatic carbocycles. The molecular formula is C12H13N2O3P. The van der Waals surface area contributed by atoms with Crippen LogP contribution in [-0.4, -0.2) is 14.2 Å². The van der Waals surface area contributed by atoms with Crippen molar-refractivity contribution in [3.63, 3.8) is 0 Å². The first-order valence-corrected chi connectivity index (χ1v) is 6.79. The summed E-state index contributed by atoms with van der Waals surface area (Å²) in [6.45, 7) is 0. The standard InChI is InChI=1S/C12H13N2O3P/c1-16-18(15,17-2)12(11(8-13)9-14)10-6-4-3-5-7-10/h3-7,11-12H,1-2H3. The summed E-state index contributed by atoms with van der Waals surface area (Å²) >= 11 is 0. The first-order valence-electron chi connectivity index (χ1n) is 5.18. The van der Waals surface area contributed by atoms with Gasteiger partial charge in [0.05, 0.1) is 12.1 Å². The van der Waals surface area contributed by atoms with Crippen molar-refractivity contribution in [1.29, 1.82) is 10.5 Å². The van der Waals surface area contributed by atoms with Crippen LogP contribution in [0.15, 0.2) is 30.3 Å². The quantitative estimate of drug-likeness (QED) is 0.763. The fraction of sp³-hybridized carbons (Fsp3) is 0.333. The van der Waals surface area contributed by atoms with Crippen molar-refractivity contribution in [2.45, 2.75) is 5.66 Å². The molecule has 94 valence electrons. The molecule has 1 aromatic rings. The predicted molar refractivity (Wildman–Crippen MR) is 65.5 cm³/mol. The van der Waals surface area contributed by atoms with Gasteiger partial charge in [0.1, 0.15) is 5.66 Å². The van der Waals surface area contributed by atoms with Crippen LogP contribution < -0.4 is 0 Å². The molecule has 1 atom stereocenters. The van der Waals surface area contributed by atoms with E-state index in [1.54, 1.807) is 30.3 Å². The molecule has 0 N–H and O–H groups in total. The fourth-order valence-electron chi connectivity index (χ4n) is 1.68. The van der Waals surface area contributed by atoms with Gasteiger partial charge in [0.25, 0.3) is 0 Å². The fourth-order valence-corrected chi connectivity index (χ4v) is 3.32. The van der Waals surface area contributed by atoms with Crippen LogP contribution in [0.5, 0.6) is 0 Å². The predicted octanol–water partition coefficient (Wildman–Crippen LogP) is 2.88. The van der Waals surface area contributed by atoms with Gasteiger partial charge < -0.3 is 9.05 Å². The summed E-state index contributed by atoms with van der Waals surface area (Å²) < 4.78 is 22.3. The van der Waals surface area contributed by atoms with E-state index in [0.29, 0.717) is 5.56 Å². The maximum Gasteiger partial charge on any atom is 0.339 e. The van der Waals surface area contributed by atoms with Crippen LogP contribution in [0.1, 0.15) is 11.2 Å². The van der Waals surface area contributed by atoms with Crippen LogP contribution >= 0.6 is 7.60 Å². The van der Waals surface area contributed by atoms with Crippen molar-refractivity contribution in [3.05, 3.63) is 35.9 Å². The molecule has 0 aliphatic carbocycles. The SMILES string of the molecule is COP(=O)(OC)C(c1ccccc1)C(C#N)C#N. The van der Waals surface area contributed by atoms with E-state index in [0.717, 1.165) is 0 Å². The Labute approximate surface area is 106 Å². The summed E-state index contributed by atoms with van der Waals surface area (Å²) in [4.78, 5) is 0. The maximum absolute atomic E-state index is 12.5. The molecule has 0 spiro atoms. The topological polar surface area (TPSA) is 83.1 Å². The van der Waals surface area contributed by atoms with Gasteiger partial charge in [0.2, 0.25) is 0 Å². The second-order valence-corrected chi connectivity index (χ2v) is 5.86. The molecule has 0 radical (unpaired) electrons. The van der Waals surface area contributed by atoms with Gasteiger partial charge in [-0.2, -0.15) is 10.5 Å². The molecule has 18 heavy (non-hydrogen) atoms. The summed E-state index contributed by atoms with van der Waals surface area (Å²) in [5.41, 5.74) is -0.332. The molecular weight excluding hydrogens is 251 g/mol. The molecule has 0 aromatic heterocycles. The summed E-state index contributed by atoms with van der Waals surface area (Å²) in [7, 11) is -1.06. The Bertz CT molecular complexity index is 496. The van der Waals surface area contributed by atoms with Crippen molar-refractivity contribution in [1.82, 2.24) is 0 Å². The van der Waals surface area contributed by atoms with Gasteiger partial charge in [-0.15, -0.1) is 0 Å². The van der Waals surface area contributed by atoms with E-state index in [-0.39, 0.29) is 0 Å². The van der Waals surface area contributed by atoms with Crippen LogP contribution in [0.4, 0.5) is 0 Å². The highest BCUT2D eigenvalue weighted by atomic mass is 31.2. The van der Waals surface area contributed by atoms with E-state index in [1.807, 2.05) is 12.1 Å². The molecule has 0 fully saturated rings. The zero-order chi connectivity index (χ0) is 13.6. The van der Waals surface area contributed by atoms with Crippen molar-refractivity contribution in [2.75, 3.05) is 14.2 Å². The lowest BCUT2D eigenvalue weighted by molar-refractivity contribution is 0.262. The van der Waals surface area contributed by atoms with Gasteiger partial charge >= 0.3 is 7.60 Å². The van der Waals surface area contributed by atoms with Crippen LogP contribution in [0.25, 0.3) is 0 Å². The summed E-state index contributed by atoms with van der Waals surface area (Å²) in [5.74, 6) is -1.10. The molecule has 0 aliphatic heterocycles. The number of nitrogens with zero attached hydrogens (tertiary/aromatic N) is 2. The summed E-state index contributed by atoms with van der Waals surface area (Å²) in [6, 6.07) is 12.3. The Hall–Kier alpha value is -1.65. The Morgan fingerprint density at radius 3 is 2.00 bits per heavy atom. The van der Waals surface area contributed by atoms with Crippen LogP contribution in [0, 0.1) is 28.6 Å². The molecule has 0 saturated carbocycles. The number of hydrogen-bond donors (Lipinski definition) is 0. The average molecular weight is 264 g/mol. The Morgan fingerprint density at radius 2 is 1.61 bits per heavy atom. The summed E-state index contributed by atoms with van der Waals surface area (Å²) in [5, 5.41) is 18.0. The third kappa shape index (κ3) is 2.78. The highest BCUT2D eigenvalue weighted by molar-refractivity contribution is 7.54. The number of rotatable bonds is 5. The third-order valence-electron chi connectivity index (χ3n) is 2.58. The third-order valence-corrected chi connectivity index (χ3v) is 4.88. The van der Waals surface area contributed by atoms with Crippen LogP contribution in [0.3, 0.4) is 0 Å². The van der Waals surface area contributed by atoms with E-state index >= 15 is 0 Å². The van der Waals surface area contributed by atoms with Gasteiger partial charge in [-0.3, -0.25) is 4.57 Å². The highest BCUT2D eigenvalue weighted by Crippen LogP contribution is 2.62. The average Bonchev–Trinajstić information content (AvgIpc) is 2.44. The minimum Gasteiger partial charge on any atom is -0.311 e. The van der Waals surface area contributed by atoms with Gasteiger partial charge in [0.15, 0.2) is 5.92 Å². The van der Waals surface area contributed by atoms with Crippen molar-refractivity contribution in [2.24, 2.45) is 5.92 Å². The van der Waals surface area contributed by atoms with Crippen molar-refractivity contribution >= 4 is 7.60 Å². The number of hydrogen-bond acceptors (Lipinski definition) is 5. The van der Waals surface area contributed by atoms with E-state index in [2.05, 4.69) is 0 Å². The number of benzene rings is 1. The van der Waals surface area contributed by atoms with Gasteiger partial charge in [0, 0.05) is 14.2 Å². The lowest BCUT2D eigenvalue weighted by Crippen LogP contribution is -2.12. The molecule has 5 nitrogen and oxygen atoms in total. The van der Waals surface area contributed by atoms with Crippen molar-refractivity contribution in [3.8, 4) is 12.1 Å². The molecule has 1 unspecified atom stereocenters. The molecule has 0 saturated heterocycles. The lowest BCUT2D eigenvalue weighted by Gasteiger charge is -2.25. The minimum atomic E-state index is -3.55. The zero-order valence-corrected chi connectivity index (χ0v) is 11.0. The summed E-state index contributed by atoms with van der Waals surface area (Å²) in [6.07, 6.45) is 0. The monoisotopic (exact) mass is 264 g/mol. The lowest BCUT2D eigenvalue weighted by atomic mass is 10.0. The maximum atomic E-state index is 12.5. The molecule has 0 heterocycles. The largest absolute Gasteiger partial charge is 0.339 e. The molecule has 1 rings (SSSR count). The number of nitriles is 2. The highest BCUT2D eigenvalue weighted by Gasteiger charge is 2.41. The van der Waals surface area contributed by atoms with Crippen LogP contribution in [0.2, 0.25) is 0 Å². The van der Waals surface area contributed by atoms with E-state index < -0.39 is 19.2 Å². The van der Waals surface area contributed by atoms with Gasteiger partial charge in [-0.1, -0.05) is 30.3 Å². The van der Waals surface area contributed by atoms with Gasteiger partial charge in [-0.25, -0.2) is 0 Å². The first kappa shape index (κ1) is 14.4. The van der Waals surface area contributed by atoms with E-state index in [1.165, 1.54) is 14.2 Å². The normalized spacial score (nSPS) is 12.7. The second kappa shape index (κ2) is 6.33. The first-order chi connectivity index (χ1) is 8.62. The van der Waals surface area contributed by atoms with E-state index in [9.17, 15) is 4.57 Å². The molecule has 0 bridgehead atoms. The zero-order valence-electron chi connectivity index (χ0n) is 10.1. The van der Waals surface area contributed by atoms with E-state index in [4.69, 9.17) is 19.6 Å². The molecule has 0 amide bonds. The molecule has 0 aliphatic rings. The van der Waals surface area contributed by atoms with Crippen molar-refractivity contribution < 1.29 is 13.6 Å². The Balaban J connectivity index is 3.34. The molecule has 6 heteroatoms. The Morgan fingerprint density at radius 1 is 1.11 bits per heavy atom. The van der Waals surface area contributed by atoms with Crippen LogP contribution in [-0.2, 0) is 13.6 Å². The van der Waals surface area contributed by atoms with Gasteiger partial charge in [-0.05, 0) is 5.56 Å².